The Labute approximate surface area is 76.5 Å². The van der Waals surface area contributed by atoms with E-state index in [4.69, 9.17) is 0 Å². The number of rotatable bonds is 2. The lowest BCUT2D eigenvalue weighted by Crippen LogP contribution is -2.20. The molecule has 2 nitrogen and oxygen atoms in total. The Morgan fingerprint density at radius 1 is 1.29 bits per heavy atom. The van der Waals surface area contributed by atoms with Gasteiger partial charge in [-0.3, -0.25) is 4.79 Å². The fourth-order valence-corrected chi connectivity index (χ4v) is 0.788. The minimum atomic E-state index is -3.27. The van der Waals surface area contributed by atoms with Crippen LogP contribution in [0.5, 0.6) is 0 Å². The second-order valence-electron chi connectivity index (χ2n) is 2.39. The van der Waals surface area contributed by atoms with E-state index < -0.39 is 29.7 Å². The van der Waals surface area contributed by atoms with E-state index in [1.807, 2.05) is 0 Å². The number of hydrogen-bond acceptors (Lipinski definition) is 1. The van der Waals surface area contributed by atoms with E-state index in [-0.39, 0.29) is 0 Å². The molecular formula is C8H5F4NO. The van der Waals surface area contributed by atoms with Crippen LogP contribution in [0.15, 0.2) is 18.2 Å². The number of hydrogen-bond donors (Lipinski definition) is 1. The third kappa shape index (κ3) is 2.21. The number of benzene rings is 1. The number of nitrogens with one attached hydrogen (secondary N) is 1. The number of halogens is 4. The molecule has 0 fully saturated rings. The average Bonchev–Trinajstić information content (AvgIpc) is 2.12. The summed E-state index contributed by atoms with van der Waals surface area (Å²) in [6, 6.07) is 2.89. The van der Waals surface area contributed by atoms with E-state index in [0.29, 0.717) is 0 Å². The number of carbonyl (C=O) groups is 1. The summed E-state index contributed by atoms with van der Waals surface area (Å²) in [4.78, 5) is 10.4. The van der Waals surface area contributed by atoms with Crippen LogP contribution < -0.4 is 5.32 Å². The minimum absolute atomic E-state index is 0.602. The van der Waals surface area contributed by atoms with Crippen LogP contribution in [-0.4, -0.2) is 12.3 Å². The predicted octanol–water partition coefficient (Wildman–Crippen LogP) is 2.17. The molecule has 0 heterocycles. The molecule has 6 heteroatoms. The van der Waals surface area contributed by atoms with Crippen LogP contribution in [0.4, 0.5) is 23.2 Å². The third-order valence-corrected chi connectivity index (χ3v) is 1.41. The Hall–Kier alpha value is -1.59. The summed E-state index contributed by atoms with van der Waals surface area (Å²) in [6.45, 7) is 0. The summed E-state index contributed by atoms with van der Waals surface area (Å²) in [5.41, 5.74) is -0.602. The molecule has 0 saturated heterocycles. The molecule has 14 heavy (non-hydrogen) atoms. The molecule has 0 aliphatic rings. The van der Waals surface area contributed by atoms with E-state index in [9.17, 15) is 22.4 Å². The Morgan fingerprint density at radius 3 is 2.50 bits per heavy atom. The summed E-state index contributed by atoms with van der Waals surface area (Å²) >= 11 is 0. The molecule has 1 rings (SSSR count). The van der Waals surface area contributed by atoms with Gasteiger partial charge in [0.05, 0.1) is 5.69 Å². The van der Waals surface area contributed by atoms with Gasteiger partial charge < -0.3 is 5.32 Å². The summed E-state index contributed by atoms with van der Waals surface area (Å²) in [5.74, 6) is -4.24. The first-order chi connectivity index (χ1) is 6.52. The zero-order valence-electron chi connectivity index (χ0n) is 6.73. The van der Waals surface area contributed by atoms with Crippen molar-refractivity contribution in [2.75, 3.05) is 5.32 Å². The van der Waals surface area contributed by atoms with Crippen molar-refractivity contribution < 1.29 is 22.4 Å². The lowest BCUT2D eigenvalue weighted by atomic mass is 10.3. The highest BCUT2D eigenvalue weighted by Gasteiger charge is 2.17. The van der Waals surface area contributed by atoms with E-state index in [1.165, 1.54) is 0 Å². The van der Waals surface area contributed by atoms with Crippen LogP contribution in [0.1, 0.15) is 0 Å². The van der Waals surface area contributed by atoms with Crippen LogP contribution in [0.3, 0.4) is 0 Å². The van der Waals surface area contributed by atoms with Crippen LogP contribution in [0.25, 0.3) is 0 Å². The second kappa shape index (κ2) is 4.08. The molecule has 1 aromatic carbocycles. The van der Waals surface area contributed by atoms with Crippen molar-refractivity contribution in [1.82, 2.24) is 0 Å². The second-order valence-corrected chi connectivity index (χ2v) is 2.39. The molecule has 0 unspecified atom stereocenters. The number of alkyl halides is 2. The first-order valence-corrected chi connectivity index (χ1v) is 3.55. The van der Waals surface area contributed by atoms with Crippen molar-refractivity contribution >= 4 is 11.6 Å². The van der Waals surface area contributed by atoms with Gasteiger partial charge in [-0.15, -0.1) is 0 Å². The van der Waals surface area contributed by atoms with Gasteiger partial charge in [0.25, 0.3) is 5.91 Å². The summed E-state index contributed by atoms with van der Waals surface area (Å²) in [6.07, 6.45) is -3.27. The Morgan fingerprint density at radius 2 is 1.93 bits per heavy atom. The molecule has 1 N–H and O–H groups in total. The maximum Gasteiger partial charge on any atom is 0.315 e. The van der Waals surface area contributed by atoms with Crippen LogP contribution >= 0.6 is 0 Å². The zero-order chi connectivity index (χ0) is 10.7. The number of amides is 1. The topological polar surface area (TPSA) is 29.1 Å². The SMILES string of the molecule is O=C(Nc1cccc(F)c1F)C(F)F. The van der Waals surface area contributed by atoms with Crippen LogP contribution in [0, 0.1) is 11.6 Å². The van der Waals surface area contributed by atoms with E-state index in [1.54, 1.807) is 5.32 Å². The molecule has 0 aromatic heterocycles. The lowest BCUT2D eigenvalue weighted by Gasteiger charge is -2.05. The van der Waals surface area contributed by atoms with Gasteiger partial charge >= 0.3 is 6.43 Å². The van der Waals surface area contributed by atoms with Gasteiger partial charge in [-0.1, -0.05) is 6.07 Å². The molecule has 0 aliphatic carbocycles. The lowest BCUT2D eigenvalue weighted by molar-refractivity contribution is -0.126. The highest BCUT2D eigenvalue weighted by atomic mass is 19.3. The third-order valence-electron chi connectivity index (χ3n) is 1.41. The fraction of sp³-hybridized carbons (Fsp3) is 0.125. The molecule has 0 bridgehead atoms. The van der Waals surface area contributed by atoms with Crippen molar-refractivity contribution in [3.8, 4) is 0 Å². The summed E-state index contributed by atoms with van der Waals surface area (Å²) in [7, 11) is 0. The highest BCUT2D eigenvalue weighted by molar-refractivity contribution is 5.93. The Balaban J connectivity index is 2.87. The van der Waals surface area contributed by atoms with Crippen molar-refractivity contribution in [3.63, 3.8) is 0 Å². The first-order valence-electron chi connectivity index (χ1n) is 3.55. The largest absolute Gasteiger partial charge is 0.318 e. The standard InChI is InChI=1S/C8H5F4NO/c9-4-2-1-3-5(6(4)10)13-8(14)7(11)12/h1-3,7H,(H,13,14). The van der Waals surface area contributed by atoms with Gasteiger partial charge in [0.1, 0.15) is 0 Å². The molecule has 76 valence electrons. The van der Waals surface area contributed by atoms with E-state index in [2.05, 4.69) is 0 Å². The quantitative estimate of drug-likeness (QED) is 0.740. The highest BCUT2D eigenvalue weighted by Crippen LogP contribution is 2.16. The molecular weight excluding hydrogens is 202 g/mol. The zero-order valence-corrected chi connectivity index (χ0v) is 6.73. The summed E-state index contributed by atoms with van der Waals surface area (Å²) in [5, 5.41) is 1.55. The van der Waals surface area contributed by atoms with Gasteiger partial charge in [-0.25, -0.2) is 8.78 Å². The molecule has 0 saturated carbocycles. The number of carbonyl (C=O) groups excluding carboxylic acids is 1. The van der Waals surface area contributed by atoms with Crippen molar-refractivity contribution in [2.24, 2.45) is 0 Å². The van der Waals surface area contributed by atoms with E-state index >= 15 is 0 Å². The minimum Gasteiger partial charge on any atom is -0.318 e. The van der Waals surface area contributed by atoms with Crippen molar-refractivity contribution in [3.05, 3.63) is 29.8 Å². The van der Waals surface area contributed by atoms with Gasteiger partial charge in [0.15, 0.2) is 11.6 Å². The molecule has 0 atom stereocenters. The Bertz CT molecular complexity index is 353. The van der Waals surface area contributed by atoms with Crippen molar-refractivity contribution in [2.45, 2.75) is 6.43 Å². The maximum atomic E-state index is 12.8. The fourth-order valence-electron chi connectivity index (χ4n) is 0.788. The average molecular weight is 207 g/mol. The van der Waals surface area contributed by atoms with Crippen LogP contribution in [-0.2, 0) is 4.79 Å². The molecule has 0 spiro atoms. The first kappa shape index (κ1) is 10.5. The molecule has 0 aliphatic heterocycles. The van der Waals surface area contributed by atoms with E-state index in [0.717, 1.165) is 18.2 Å². The summed E-state index contributed by atoms with van der Waals surface area (Å²) < 4.78 is 48.7. The maximum absolute atomic E-state index is 12.8. The van der Waals surface area contributed by atoms with Crippen molar-refractivity contribution in [1.29, 1.82) is 0 Å². The smallest absolute Gasteiger partial charge is 0.315 e. The van der Waals surface area contributed by atoms with Gasteiger partial charge in [0, 0.05) is 0 Å². The molecule has 1 aromatic rings. The molecule has 0 radical (unpaired) electrons. The van der Waals surface area contributed by atoms with Gasteiger partial charge in [-0.2, -0.15) is 8.78 Å². The molecule has 1 amide bonds. The number of anilines is 1. The monoisotopic (exact) mass is 207 g/mol. The predicted molar refractivity (Wildman–Crippen MR) is 41.0 cm³/mol. The Kier molecular flexibility index (Phi) is 3.06. The van der Waals surface area contributed by atoms with Gasteiger partial charge in [0.2, 0.25) is 0 Å². The van der Waals surface area contributed by atoms with Gasteiger partial charge in [-0.05, 0) is 12.1 Å². The van der Waals surface area contributed by atoms with Crippen LogP contribution in [0.2, 0.25) is 0 Å². The normalized spacial score (nSPS) is 10.4.